The Hall–Kier alpha value is 0.910. The maximum atomic E-state index is 10.8. The molecule has 0 atom stereocenters. The summed E-state index contributed by atoms with van der Waals surface area (Å²) in [5.41, 5.74) is 0. The van der Waals surface area contributed by atoms with Gasteiger partial charge in [0.15, 0.2) is 0 Å². The second kappa shape index (κ2) is 9.46. The molecule has 3 nitrogen and oxygen atoms in total. The summed E-state index contributed by atoms with van der Waals surface area (Å²) >= 11 is 0. The molecule has 0 bridgehead atoms. The first kappa shape index (κ1) is 16.3. The van der Waals surface area contributed by atoms with Gasteiger partial charge in [0.2, 0.25) is 0 Å². The molecule has 0 N–H and O–H groups in total. The minimum atomic E-state index is -3.21. The molecule has 0 saturated heterocycles. The van der Waals surface area contributed by atoms with Crippen molar-refractivity contribution in [1.82, 2.24) is 0 Å². The van der Waals surface area contributed by atoms with Crippen molar-refractivity contribution in [2.45, 2.75) is 39.0 Å². The molecule has 0 radical (unpaired) electrons. The first-order chi connectivity index (χ1) is 5.62. The average molecular weight is 218 g/mol. The van der Waals surface area contributed by atoms with E-state index in [1.54, 1.807) is 0 Å². The van der Waals surface area contributed by atoms with Crippen molar-refractivity contribution >= 4 is 39.7 Å². The van der Waals surface area contributed by atoms with Gasteiger partial charge >= 0.3 is 29.6 Å². The topological polar surface area (TPSA) is 43.4 Å². The van der Waals surface area contributed by atoms with Crippen molar-refractivity contribution in [3.05, 3.63) is 0 Å². The molecule has 0 fully saturated rings. The summed E-state index contributed by atoms with van der Waals surface area (Å²) in [5.74, 6) is 0.160. The minimum absolute atomic E-state index is 0. The van der Waals surface area contributed by atoms with E-state index < -0.39 is 10.1 Å². The number of hydrogen-bond acceptors (Lipinski definition) is 3. The van der Waals surface area contributed by atoms with Crippen molar-refractivity contribution in [1.29, 1.82) is 0 Å². The van der Waals surface area contributed by atoms with Gasteiger partial charge in [-0.1, -0.05) is 32.6 Å². The molecule has 5 heteroatoms. The standard InChI is InChI=1S/C8H18O3S.Na.H/c1-3-4-5-6-7-8-12(9,10)11-2;;/h3-8H2,1-2H3;;. The van der Waals surface area contributed by atoms with Crippen LogP contribution in [0.15, 0.2) is 0 Å². The van der Waals surface area contributed by atoms with E-state index in [2.05, 4.69) is 11.1 Å². The van der Waals surface area contributed by atoms with E-state index in [0.29, 0.717) is 0 Å². The third-order valence-electron chi connectivity index (χ3n) is 1.75. The molecule has 0 aliphatic heterocycles. The van der Waals surface area contributed by atoms with E-state index in [9.17, 15) is 8.42 Å². The Kier molecular flexibility index (Phi) is 11.9. The zero-order chi connectivity index (χ0) is 9.45. The fourth-order valence-corrected chi connectivity index (χ4v) is 1.69. The van der Waals surface area contributed by atoms with Gasteiger partial charge in [-0.05, 0) is 6.42 Å². The molecule has 0 spiro atoms. The van der Waals surface area contributed by atoms with Gasteiger partial charge in [0.25, 0.3) is 10.1 Å². The summed E-state index contributed by atoms with van der Waals surface area (Å²) in [6.07, 6.45) is 5.19. The second-order valence-corrected chi connectivity index (χ2v) is 4.70. The van der Waals surface area contributed by atoms with Gasteiger partial charge in [-0.2, -0.15) is 8.42 Å². The van der Waals surface area contributed by atoms with Crippen LogP contribution in [-0.2, 0) is 14.3 Å². The Morgan fingerprint density at radius 2 is 1.62 bits per heavy atom. The van der Waals surface area contributed by atoms with E-state index in [1.165, 1.54) is 20.0 Å². The predicted molar refractivity (Wildman–Crippen MR) is 56.7 cm³/mol. The molecular formula is C8H19NaO3S. The van der Waals surface area contributed by atoms with Crippen LogP contribution in [0.3, 0.4) is 0 Å². The van der Waals surface area contributed by atoms with Crippen LogP contribution >= 0.6 is 0 Å². The molecule has 0 amide bonds. The van der Waals surface area contributed by atoms with Gasteiger partial charge in [-0.15, -0.1) is 0 Å². The Bertz CT molecular complexity index is 190. The van der Waals surface area contributed by atoms with E-state index in [4.69, 9.17) is 0 Å². The molecule has 0 aromatic rings. The van der Waals surface area contributed by atoms with Crippen LogP contribution in [0.1, 0.15) is 39.0 Å². The summed E-state index contributed by atoms with van der Waals surface area (Å²) in [6, 6.07) is 0. The first-order valence-corrected chi connectivity index (χ1v) is 5.98. The first-order valence-electron chi connectivity index (χ1n) is 4.40. The molecule has 0 heterocycles. The van der Waals surface area contributed by atoms with Gasteiger partial charge in [0.1, 0.15) is 0 Å². The van der Waals surface area contributed by atoms with Crippen LogP contribution in [0.2, 0.25) is 0 Å². The second-order valence-electron chi connectivity index (χ2n) is 2.84. The SMILES string of the molecule is CCCCCCCS(=O)(=O)OC.[NaH]. The molecule has 0 aromatic heterocycles. The van der Waals surface area contributed by atoms with E-state index in [0.717, 1.165) is 19.3 Å². The Morgan fingerprint density at radius 1 is 1.08 bits per heavy atom. The maximum absolute atomic E-state index is 10.8. The van der Waals surface area contributed by atoms with E-state index >= 15 is 0 Å². The summed E-state index contributed by atoms with van der Waals surface area (Å²) in [4.78, 5) is 0. The zero-order valence-corrected chi connectivity index (χ0v) is 8.69. The van der Waals surface area contributed by atoms with Crippen LogP contribution in [0.5, 0.6) is 0 Å². The molecule has 0 aromatic carbocycles. The molecule has 0 aliphatic carbocycles. The van der Waals surface area contributed by atoms with Gasteiger partial charge in [0.05, 0.1) is 12.9 Å². The third kappa shape index (κ3) is 10.8. The van der Waals surface area contributed by atoms with Crippen LogP contribution < -0.4 is 0 Å². The van der Waals surface area contributed by atoms with Crippen molar-refractivity contribution in [3.63, 3.8) is 0 Å². The zero-order valence-electron chi connectivity index (χ0n) is 7.88. The molecule has 13 heavy (non-hydrogen) atoms. The van der Waals surface area contributed by atoms with Crippen LogP contribution in [0.4, 0.5) is 0 Å². The molecule has 0 unspecified atom stereocenters. The quantitative estimate of drug-likeness (QED) is 0.367. The number of unbranched alkanes of at least 4 members (excludes halogenated alkanes) is 4. The van der Waals surface area contributed by atoms with Gasteiger partial charge in [-0.3, -0.25) is 4.18 Å². The average Bonchev–Trinajstić information content (AvgIpc) is 2.04. The molecule has 76 valence electrons. The summed E-state index contributed by atoms with van der Waals surface area (Å²) in [7, 11) is -2.00. The van der Waals surface area contributed by atoms with Gasteiger partial charge in [0, 0.05) is 0 Å². The van der Waals surface area contributed by atoms with Crippen molar-refractivity contribution < 1.29 is 12.6 Å². The Labute approximate surface area is 104 Å². The summed E-state index contributed by atoms with van der Waals surface area (Å²) in [5, 5.41) is 0. The monoisotopic (exact) mass is 218 g/mol. The van der Waals surface area contributed by atoms with Gasteiger partial charge < -0.3 is 0 Å². The van der Waals surface area contributed by atoms with Crippen LogP contribution in [0.25, 0.3) is 0 Å². The number of rotatable bonds is 7. The summed E-state index contributed by atoms with van der Waals surface area (Å²) < 4.78 is 25.9. The van der Waals surface area contributed by atoms with Gasteiger partial charge in [-0.25, -0.2) is 0 Å². The molecular weight excluding hydrogens is 199 g/mol. The van der Waals surface area contributed by atoms with E-state index in [-0.39, 0.29) is 35.3 Å². The number of hydrogen-bond donors (Lipinski definition) is 0. The Balaban J connectivity index is 0. The third-order valence-corrected chi connectivity index (χ3v) is 3.05. The van der Waals surface area contributed by atoms with Crippen molar-refractivity contribution in [3.8, 4) is 0 Å². The molecule has 0 aliphatic rings. The summed E-state index contributed by atoms with van der Waals surface area (Å²) in [6.45, 7) is 2.13. The molecule has 0 rings (SSSR count). The van der Waals surface area contributed by atoms with E-state index in [1.807, 2.05) is 0 Å². The normalized spacial score (nSPS) is 10.9. The van der Waals surface area contributed by atoms with Crippen LogP contribution in [-0.4, -0.2) is 50.8 Å². The van der Waals surface area contributed by atoms with Crippen molar-refractivity contribution in [2.24, 2.45) is 0 Å². The Morgan fingerprint density at radius 3 is 2.08 bits per heavy atom. The fourth-order valence-electron chi connectivity index (χ4n) is 0.966. The van der Waals surface area contributed by atoms with Crippen LogP contribution in [0, 0.1) is 0 Å². The predicted octanol–water partition coefficient (Wildman–Crippen LogP) is 1.28. The molecule has 0 saturated carbocycles. The van der Waals surface area contributed by atoms with Crippen molar-refractivity contribution in [2.75, 3.05) is 12.9 Å². The fraction of sp³-hybridized carbons (Fsp3) is 1.00.